The third-order valence-corrected chi connectivity index (χ3v) is 5.04. The summed E-state index contributed by atoms with van der Waals surface area (Å²) in [6.07, 6.45) is 3.20. The summed E-state index contributed by atoms with van der Waals surface area (Å²) in [4.78, 5) is 17.8. The summed E-state index contributed by atoms with van der Waals surface area (Å²) >= 11 is 13.8. The van der Waals surface area contributed by atoms with Crippen LogP contribution in [0.2, 0.25) is 10.0 Å². The van der Waals surface area contributed by atoms with Gasteiger partial charge in [-0.2, -0.15) is 0 Å². The second kappa shape index (κ2) is 7.79. The molecule has 1 atom stereocenters. The number of para-hydroxylation sites is 1. The molecule has 0 N–H and O–H groups in total. The molecule has 0 saturated heterocycles. The van der Waals surface area contributed by atoms with Gasteiger partial charge in [-0.3, -0.25) is 9.78 Å². The maximum absolute atomic E-state index is 12.9. The first-order valence-electron chi connectivity index (χ1n) is 7.21. The van der Waals surface area contributed by atoms with Crippen LogP contribution >= 0.6 is 34.5 Å². The second-order valence-corrected chi connectivity index (χ2v) is 6.83. The number of thiophene rings is 1. The van der Waals surface area contributed by atoms with E-state index in [4.69, 9.17) is 27.9 Å². The number of ether oxygens (including phenoxy) is 1. The van der Waals surface area contributed by atoms with Crippen molar-refractivity contribution in [1.82, 2.24) is 4.98 Å². The van der Waals surface area contributed by atoms with Gasteiger partial charge in [0, 0.05) is 22.8 Å². The van der Waals surface area contributed by atoms with Crippen LogP contribution in [0.15, 0.2) is 60.2 Å². The minimum Gasteiger partial charge on any atom is -0.489 e. The smallest absolute Gasteiger partial charge is 0.176 e. The number of pyridine rings is 1. The Hall–Kier alpha value is -1.88. The first-order chi connectivity index (χ1) is 11.7. The van der Waals surface area contributed by atoms with Gasteiger partial charge < -0.3 is 4.74 Å². The lowest BCUT2D eigenvalue weighted by Gasteiger charge is -2.17. The van der Waals surface area contributed by atoms with Crippen LogP contribution < -0.4 is 4.74 Å². The Bertz CT molecular complexity index is 802. The van der Waals surface area contributed by atoms with Crippen molar-refractivity contribution in [2.45, 2.75) is 5.92 Å². The minimum absolute atomic E-state index is 0.0475. The van der Waals surface area contributed by atoms with Gasteiger partial charge in [-0.15, -0.1) is 11.3 Å². The topological polar surface area (TPSA) is 39.2 Å². The lowest BCUT2D eigenvalue weighted by molar-refractivity contribution is 0.0931. The van der Waals surface area contributed by atoms with Crippen LogP contribution in [-0.4, -0.2) is 17.4 Å². The number of hydrogen-bond acceptors (Lipinski definition) is 4. The first kappa shape index (κ1) is 17.0. The van der Waals surface area contributed by atoms with Crippen molar-refractivity contribution in [3.63, 3.8) is 0 Å². The molecule has 0 saturated carbocycles. The number of nitrogens with zero attached hydrogens (tertiary/aromatic N) is 1. The number of halogens is 2. The number of rotatable bonds is 6. The number of ketones is 1. The molecule has 24 heavy (non-hydrogen) atoms. The molecule has 0 fully saturated rings. The Balaban J connectivity index is 1.85. The monoisotopic (exact) mass is 377 g/mol. The van der Waals surface area contributed by atoms with E-state index in [0.717, 1.165) is 4.88 Å². The molecule has 6 heteroatoms. The van der Waals surface area contributed by atoms with Crippen LogP contribution in [0.5, 0.6) is 5.75 Å². The molecule has 2 heterocycles. The second-order valence-electron chi connectivity index (χ2n) is 5.04. The summed E-state index contributed by atoms with van der Waals surface area (Å²) in [6, 6.07) is 12.5. The Morgan fingerprint density at radius 3 is 2.54 bits per heavy atom. The highest BCUT2D eigenvalue weighted by Gasteiger charge is 2.25. The largest absolute Gasteiger partial charge is 0.489 e. The van der Waals surface area contributed by atoms with Gasteiger partial charge in [0.25, 0.3) is 0 Å². The Kier molecular flexibility index (Phi) is 5.51. The van der Waals surface area contributed by atoms with Gasteiger partial charge in [0.1, 0.15) is 6.61 Å². The van der Waals surface area contributed by atoms with Crippen LogP contribution in [0.1, 0.15) is 21.2 Å². The molecule has 0 radical (unpaired) electrons. The summed E-state index contributed by atoms with van der Waals surface area (Å²) in [6.45, 7) is 0.150. The lowest BCUT2D eigenvalue weighted by Crippen LogP contribution is -2.19. The van der Waals surface area contributed by atoms with E-state index in [-0.39, 0.29) is 12.4 Å². The van der Waals surface area contributed by atoms with E-state index in [0.29, 0.717) is 21.4 Å². The minimum atomic E-state index is -0.443. The van der Waals surface area contributed by atoms with Crippen molar-refractivity contribution in [3.05, 3.63) is 80.7 Å². The number of carbonyl (C=O) groups is 1. The maximum Gasteiger partial charge on any atom is 0.176 e. The zero-order valence-electron chi connectivity index (χ0n) is 12.5. The van der Waals surface area contributed by atoms with Gasteiger partial charge in [-0.25, -0.2) is 0 Å². The molecule has 2 aromatic heterocycles. The van der Waals surface area contributed by atoms with Crippen molar-refractivity contribution in [3.8, 4) is 5.75 Å². The third-order valence-electron chi connectivity index (χ3n) is 3.46. The zero-order valence-corrected chi connectivity index (χ0v) is 14.8. The fourth-order valence-electron chi connectivity index (χ4n) is 2.27. The Morgan fingerprint density at radius 1 is 1.12 bits per heavy atom. The fraction of sp³-hybridized carbons (Fsp3) is 0.111. The third kappa shape index (κ3) is 3.78. The normalized spacial score (nSPS) is 11.9. The summed E-state index contributed by atoms with van der Waals surface area (Å²) < 4.78 is 5.80. The molecule has 0 aliphatic rings. The van der Waals surface area contributed by atoms with Gasteiger partial charge >= 0.3 is 0 Å². The summed E-state index contributed by atoms with van der Waals surface area (Å²) in [7, 11) is 0. The van der Waals surface area contributed by atoms with Crippen LogP contribution in [0, 0.1) is 0 Å². The SMILES string of the molecule is O=C(c1cccnc1)C(COc1c(Cl)cccc1Cl)c1cccs1. The van der Waals surface area contributed by atoms with E-state index in [1.807, 2.05) is 17.5 Å². The molecule has 0 aliphatic carbocycles. The van der Waals surface area contributed by atoms with Gasteiger partial charge in [0.05, 0.1) is 16.0 Å². The van der Waals surface area contributed by atoms with Crippen LogP contribution in [-0.2, 0) is 0 Å². The van der Waals surface area contributed by atoms with Crippen LogP contribution in [0.4, 0.5) is 0 Å². The Labute approximate surface area is 153 Å². The lowest BCUT2D eigenvalue weighted by atomic mass is 9.98. The van der Waals surface area contributed by atoms with E-state index in [1.165, 1.54) is 11.3 Å². The van der Waals surface area contributed by atoms with Crippen molar-refractivity contribution in [1.29, 1.82) is 0 Å². The molecular weight excluding hydrogens is 365 g/mol. The number of carbonyl (C=O) groups excluding carboxylic acids is 1. The highest BCUT2D eigenvalue weighted by molar-refractivity contribution is 7.10. The molecular formula is C18H13Cl2NO2S. The molecule has 0 amide bonds. The number of Topliss-reactive ketones (excluding diaryl/α,β-unsaturated/α-hetero) is 1. The summed E-state index contributed by atoms with van der Waals surface area (Å²) in [5.41, 5.74) is 0.546. The molecule has 3 nitrogen and oxygen atoms in total. The van der Waals surface area contributed by atoms with Gasteiger partial charge in [-0.1, -0.05) is 35.3 Å². The number of aromatic nitrogens is 1. The van der Waals surface area contributed by atoms with E-state index in [9.17, 15) is 4.79 Å². The molecule has 122 valence electrons. The maximum atomic E-state index is 12.9. The quantitative estimate of drug-likeness (QED) is 0.532. The molecule has 3 rings (SSSR count). The van der Waals surface area contributed by atoms with E-state index in [2.05, 4.69) is 4.98 Å². The molecule has 0 aliphatic heterocycles. The predicted octanol–water partition coefficient (Wildman–Crippen LogP) is 5.50. The predicted molar refractivity (Wildman–Crippen MR) is 97.6 cm³/mol. The van der Waals surface area contributed by atoms with E-state index < -0.39 is 5.92 Å². The Morgan fingerprint density at radius 2 is 1.92 bits per heavy atom. The molecule has 1 aromatic carbocycles. The zero-order chi connectivity index (χ0) is 16.9. The number of benzene rings is 1. The molecule has 0 spiro atoms. The average molecular weight is 378 g/mol. The first-order valence-corrected chi connectivity index (χ1v) is 8.85. The van der Waals surface area contributed by atoms with Crippen molar-refractivity contribution in [2.75, 3.05) is 6.61 Å². The van der Waals surface area contributed by atoms with Crippen molar-refractivity contribution in [2.24, 2.45) is 0 Å². The molecule has 1 unspecified atom stereocenters. The van der Waals surface area contributed by atoms with Crippen molar-refractivity contribution < 1.29 is 9.53 Å². The van der Waals surface area contributed by atoms with Crippen LogP contribution in [0.25, 0.3) is 0 Å². The number of hydrogen-bond donors (Lipinski definition) is 0. The van der Waals surface area contributed by atoms with Gasteiger partial charge in [0.15, 0.2) is 11.5 Å². The van der Waals surface area contributed by atoms with Gasteiger partial charge in [0.2, 0.25) is 0 Å². The standard InChI is InChI=1S/C18H13Cl2NO2S/c19-14-5-1-6-15(20)18(14)23-11-13(16-7-3-9-24-16)17(22)12-4-2-8-21-10-12/h1-10,13H,11H2. The average Bonchev–Trinajstić information content (AvgIpc) is 3.12. The summed E-state index contributed by atoms with van der Waals surface area (Å²) in [5.74, 6) is -0.100. The van der Waals surface area contributed by atoms with E-state index >= 15 is 0 Å². The summed E-state index contributed by atoms with van der Waals surface area (Å²) in [5, 5.41) is 2.77. The highest BCUT2D eigenvalue weighted by Crippen LogP contribution is 2.34. The highest BCUT2D eigenvalue weighted by atomic mass is 35.5. The molecule has 3 aromatic rings. The van der Waals surface area contributed by atoms with Crippen LogP contribution in [0.3, 0.4) is 0 Å². The van der Waals surface area contributed by atoms with Crippen molar-refractivity contribution >= 4 is 40.3 Å². The molecule has 0 bridgehead atoms. The fourth-order valence-corrected chi connectivity index (χ4v) is 3.59. The van der Waals surface area contributed by atoms with E-state index in [1.54, 1.807) is 42.7 Å². The van der Waals surface area contributed by atoms with Gasteiger partial charge in [-0.05, 0) is 35.7 Å².